The van der Waals surface area contributed by atoms with E-state index in [9.17, 15) is 10.4 Å². The molecule has 7 nitrogen and oxygen atoms in total. The summed E-state index contributed by atoms with van der Waals surface area (Å²) in [6, 6.07) is 17.3. The number of allylic oxidation sites excluding steroid dienone is 1. The molecule has 0 spiro atoms. The minimum atomic E-state index is -0.0347. The molecule has 0 aliphatic rings. The topological polar surface area (TPSA) is 96.8 Å². The van der Waals surface area contributed by atoms with Crippen molar-refractivity contribution in [2.45, 2.75) is 5.16 Å². The lowest BCUT2D eigenvalue weighted by Crippen LogP contribution is -1.98. The van der Waals surface area contributed by atoms with Gasteiger partial charge in [0.25, 0.3) is 0 Å². The molecule has 0 saturated carbocycles. The molecule has 4 aromatic rings. The third-order valence-electron chi connectivity index (χ3n) is 4.41. The largest absolute Gasteiger partial charge is 0.510 e. The fourth-order valence-corrected chi connectivity index (χ4v) is 4.65. The number of methoxy groups -OCH3 is 1. The third-order valence-corrected chi connectivity index (χ3v) is 6.49. The molecule has 4 rings (SSSR count). The number of aromatic nitrogens is 4. The van der Waals surface area contributed by atoms with Crippen LogP contribution in [0.3, 0.4) is 0 Å². The summed E-state index contributed by atoms with van der Waals surface area (Å²) in [5, 5.41) is 29.7. The van der Waals surface area contributed by atoms with E-state index in [0.29, 0.717) is 16.0 Å². The summed E-state index contributed by atoms with van der Waals surface area (Å²) in [7, 11) is 3.47. The van der Waals surface area contributed by atoms with Crippen LogP contribution in [0.1, 0.15) is 5.01 Å². The zero-order valence-corrected chi connectivity index (χ0v) is 17.9. The zero-order chi connectivity index (χ0) is 21.1. The van der Waals surface area contributed by atoms with Crippen LogP contribution in [0.15, 0.2) is 59.4 Å². The first-order valence-corrected chi connectivity index (χ1v) is 10.8. The normalized spacial score (nSPS) is 11.9. The predicted octanol–water partition coefficient (Wildman–Crippen LogP) is 4.69. The van der Waals surface area contributed by atoms with Gasteiger partial charge in [-0.25, -0.2) is 4.98 Å². The summed E-state index contributed by atoms with van der Waals surface area (Å²) in [6.07, 6.45) is 0. The van der Waals surface area contributed by atoms with Crippen LogP contribution in [-0.4, -0.2) is 37.7 Å². The average Bonchev–Trinajstić information content (AvgIpc) is 3.36. The second kappa shape index (κ2) is 8.57. The lowest BCUT2D eigenvalue weighted by molar-refractivity contribution is 0.415. The zero-order valence-electron chi connectivity index (χ0n) is 16.2. The molecule has 9 heteroatoms. The van der Waals surface area contributed by atoms with Gasteiger partial charge in [-0.3, -0.25) is 0 Å². The molecular formula is C21H17N5O2S2. The van der Waals surface area contributed by atoms with E-state index in [1.54, 1.807) is 7.11 Å². The first kappa shape index (κ1) is 19.9. The number of nitrogens with zero attached hydrogens (tertiary/aromatic N) is 5. The fraction of sp³-hybridized carbons (Fsp3) is 0.143. The van der Waals surface area contributed by atoms with Gasteiger partial charge in [-0.15, -0.1) is 21.5 Å². The highest BCUT2D eigenvalue weighted by Crippen LogP contribution is 2.30. The third kappa shape index (κ3) is 3.87. The maximum absolute atomic E-state index is 10.6. The summed E-state index contributed by atoms with van der Waals surface area (Å²) < 4.78 is 8.08. The van der Waals surface area contributed by atoms with Gasteiger partial charge in [0.1, 0.15) is 28.2 Å². The number of aliphatic hydroxyl groups is 1. The van der Waals surface area contributed by atoms with E-state index in [1.165, 1.54) is 23.1 Å². The number of nitriles is 1. The van der Waals surface area contributed by atoms with E-state index in [1.807, 2.05) is 60.1 Å². The standard InChI is InChI=1S/C21H17N5O2S2/c1-26-19(13-6-5-7-14(10-13)28-2)24-25-21(26)29-12-17(27)15(11-22)20-23-16-8-3-4-9-18(16)30-20/h3-10,27H,12H2,1-2H3/b17-15-. The van der Waals surface area contributed by atoms with Crippen LogP contribution < -0.4 is 4.74 Å². The van der Waals surface area contributed by atoms with Crippen molar-refractivity contribution in [3.8, 4) is 23.2 Å². The molecule has 0 unspecified atom stereocenters. The number of thiazole rings is 1. The number of rotatable bonds is 6. The summed E-state index contributed by atoms with van der Waals surface area (Å²) in [5.41, 5.74) is 1.86. The molecule has 1 N–H and O–H groups in total. The Hall–Kier alpha value is -3.35. The molecule has 150 valence electrons. The van der Waals surface area contributed by atoms with Crippen molar-refractivity contribution in [1.82, 2.24) is 19.7 Å². The van der Waals surface area contributed by atoms with Gasteiger partial charge in [-0.2, -0.15) is 5.26 Å². The van der Waals surface area contributed by atoms with Crippen LogP contribution >= 0.6 is 23.1 Å². The molecule has 0 atom stereocenters. The van der Waals surface area contributed by atoms with Gasteiger partial charge in [-0.05, 0) is 24.3 Å². The number of fused-ring (bicyclic) bond motifs is 1. The maximum Gasteiger partial charge on any atom is 0.191 e. The molecule has 0 bridgehead atoms. The SMILES string of the molecule is COc1cccc(-c2nnc(SC/C(O)=C(\C#N)c3nc4ccccc4s3)n2C)c1. The Morgan fingerprint density at radius 1 is 1.23 bits per heavy atom. The molecule has 0 radical (unpaired) electrons. The Labute approximate surface area is 181 Å². The summed E-state index contributed by atoms with van der Waals surface area (Å²) in [4.78, 5) is 4.46. The number of benzene rings is 2. The molecule has 0 fully saturated rings. The van der Waals surface area contributed by atoms with Crippen molar-refractivity contribution in [2.24, 2.45) is 7.05 Å². The summed E-state index contributed by atoms with van der Waals surface area (Å²) in [5.74, 6) is 1.57. The second-order valence-corrected chi connectivity index (χ2v) is 8.28. The van der Waals surface area contributed by atoms with Crippen LogP contribution in [0.25, 0.3) is 27.2 Å². The van der Waals surface area contributed by atoms with Gasteiger partial charge < -0.3 is 14.4 Å². The number of para-hydroxylation sites is 1. The number of hydrogen-bond donors (Lipinski definition) is 1. The number of aliphatic hydroxyl groups excluding tert-OH is 1. The van der Waals surface area contributed by atoms with Crippen molar-refractivity contribution < 1.29 is 9.84 Å². The first-order chi connectivity index (χ1) is 14.6. The van der Waals surface area contributed by atoms with Crippen molar-refractivity contribution in [2.75, 3.05) is 12.9 Å². The Balaban J connectivity index is 1.56. The smallest absolute Gasteiger partial charge is 0.191 e. The average molecular weight is 436 g/mol. The Morgan fingerprint density at radius 2 is 2.07 bits per heavy atom. The Morgan fingerprint density at radius 3 is 2.83 bits per heavy atom. The quantitative estimate of drug-likeness (QED) is 0.267. The molecule has 0 aliphatic heterocycles. The van der Waals surface area contributed by atoms with E-state index in [4.69, 9.17) is 4.74 Å². The molecule has 0 aliphatic carbocycles. The van der Waals surface area contributed by atoms with Crippen LogP contribution in [0.5, 0.6) is 5.75 Å². The molecular weight excluding hydrogens is 418 g/mol. The lowest BCUT2D eigenvalue weighted by atomic mass is 10.2. The van der Waals surface area contributed by atoms with E-state index < -0.39 is 0 Å². The minimum Gasteiger partial charge on any atom is -0.510 e. The van der Waals surface area contributed by atoms with Crippen LogP contribution in [0.4, 0.5) is 0 Å². The molecule has 2 aromatic heterocycles. The van der Waals surface area contributed by atoms with Crippen molar-refractivity contribution >= 4 is 38.9 Å². The highest BCUT2D eigenvalue weighted by Gasteiger charge is 2.16. The van der Waals surface area contributed by atoms with Gasteiger partial charge in [0.05, 0.1) is 23.1 Å². The van der Waals surface area contributed by atoms with E-state index in [-0.39, 0.29) is 17.1 Å². The van der Waals surface area contributed by atoms with Crippen LogP contribution in [0, 0.1) is 11.3 Å². The number of thioether (sulfide) groups is 1. The Bertz CT molecular complexity index is 1250. The van der Waals surface area contributed by atoms with Gasteiger partial charge in [0.15, 0.2) is 11.0 Å². The van der Waals surface area contributed by atoms with Gasteiger partial charge in [0.2, 0.25) is 0 Å². The first-order valence-electron chi connectivity index (χ1n) is 8.95. The Kier molecular flexibility index (Phi) is 5.70. The van der Waals surface area contributed by atoms with Crippen molar-refractivity contribution in [1.29, 1.82) is 5.26 Å². The van der Waals surface area contributed by atoms with E-state index in [2.05, 4.69) is 21.3 Å². The van der Waals surface area contributed by atoms with E-state index in [0.717, 1.165) is 21.5 Å². The highest BCUT2D eigenvalue weighted by molar-refractivity contribution is 7.99. The molecule has 30 heavy (non-hydrogen) atoms. The van der Waals surface area contributed by atoms with E-state index >= 15 is 0 Å². The molecule has 2 aromatic carbocycles. The lowest BCUT2D eigenvalue weighted by Gasteiger charge is -2.06. The molecule has 0 saturated heterocycles. The second-order valence-electron chi connectivity index (χ2n) is 6.31. The van der Waals surface area contributed by atoms with Gasteiger partial charge in [-0.1, -0.05) is 36.0 Å². The maximum atomic E-state index is 10.6. The van der Waals surface area contributed by atoms with Gasteiger partial charge in [0, 0.05) is 12.6 Å². The van der Waals surface area contributed by atoms with Crippen LogP contribution in [0.2, 0.25) is 0 Å². The summed E-state index contributed by atoms with van der Waals surface area (Å²) >= 11 is 2.68. The van der Waals surface area contributed by atoms with Crippen LogP contribution in [-0.2, 0) is 7.05 Å². The minimum absolute atomic E-state index is 0.0347. The summed E-state index contributed by atoms with van der Waals surface area (Å²) in [6.45, 7) is 0. The fourth-order valence-electron chi connectivity index (χ4n) is 2.87. The van der Waals surface area contributed by atoms with Gasteiger partial charge >= 0.3 is 0 Å². The molecule has 2 heterocycles. The molecule has 0 amide bonds. The highest BCUT2D eigenvalue weighted by atomic mass is 32.2. The monoisotopic (exact) mass is 435 g/mol. The van der Waals surface area contributed by atoms with Crippen molar-refractivity contribution in [3.05, 3.63) is 59.3 Å². The predicted molar refractivity (Wildman–Crippen MR) is 118 cm³/mol. The number of hydrogen-bond acceptors (Lipinski definition) is 8. The number of ether oxygens (including phenoxy) is 1. The van der Waals surface area contributed by atoms with Crippen molar-refractivity contribution in [3.63, 3.8) is 0 Å².